The number of furan rings is 4. The van der Waals surface area contributed by atoms with Crippen molar-refractivity contribution in [3.63, 3.8) is 0 Å². The van der Waals surface area contributed by atoms with Gasteiger partial charge in [-0.05, 0) is 133 Å². The lowest BCUT2D eigenvalue weighted by atomic mass is 10.1. The van der Waals surface area contributed by atoms with E-state index >= 15 is 0 Å². The maximum atomic E-state index is 6.55. The SMILES string of the molecule is c1ccc(-c2cc3ccc4c(c5ccccc5n4-c4ccc5oc6ccccc6c5c4)c3o2)cc1.c1ccc(-c2cc3ccc4c(c5ccccc5n4-c4ccc5sc6ccccc6c5c4)c3o2)cc1.c1ccc(-c2cc3ccc4c(c5ccccc5n4-c4cccc5c4sc4ccccc45)c3o2)cc1. The minimum Gasteiger partial charge on any atom is -0.456 e. The maximum absolute atomic E-state index is 6.55. The van der Waals surface area contributed by atoms with E-state index in [1.807, 2.05) is 77.3 Å². The van der Waals surface area contributed by atoms with Crippen LogP contribution in [0.5, 0.6) is 0 Å². The van der Waals surface area contributed by atoms with Gasteiger partial charge >= 0.3 is 0 Å². The quantitative estimate of drug-likeness (QED) is 0.166. The number of rotatable bonds is 6. The summed E-state index contributed by atoms with van der Waals surface area (Å²) in [5.74, 6) is 2.68. The molecule has 0 atom stereocenters. The van der Waals surface area contributed by atoms with Crippen LogP contribution >= 0.6 is 22.7 Å². The molecule has 0 fully saturated rings. The molecule has 0 saturated carbocycles. The molecule has 15 aromatic carbocycles. The standard InChI is InChI=1S/C32H19NO2.2C32H19NOS/c1-2-8-20(9-3-1)30-18-21-14-16-27-31(32(21)35-30)24-11-4-6-12-26(24)33(27)22-15-17-29-25(19-22)23-10-5-7-13-28(23)34-29;1-2-9-20(10-3-1)28-19-21-17-18-26-30(31(21)34-28)24-12-4-6-14-25(24)33(26)27-15-8-13-23-22-11-5-7-16-29(22)35-32(23)27;1-2-8-20(9-3-1)28-18-21-14-16-27-31(32(21)34-28)24-11-4-6-12-26(24)33(27)22-15-17-30-25(19-22)23-10-5-7-13-29(23)35-30/h3*1-19H. The minimum atomic E-state index is 0.885. The average Bonchev–Trinajstić information content (AvgIpc) is 1.57. The van der Waals surface area contributed by atoms with Gasteiger partial charge in [0.1, 0.15) is 45.2 Å². The largest absolute Gasteiger partial charge is 0.456 e. The van der Waals surface area contributed by atoms with Gasteiger partial charge in [-0.1, -0.05) is 212 Å². The van der Waals surface area contributed by atoms with E-state index in [0.29, 0.717) is 0 Å². The Hall–Kier alpha value is -13.4. The molecule has 0 N–H and O–H groups in total. The number of benzene rings is 15. The van der Waals surface area contributed by atoms with Crippen molar-refractivity contribution < 1.29 is 17.7 Å². The van der Waals surface area contributed by atoms with Gasteiger partial charge in [0, 0.05) is 107 Å². The second-order valence-corrected chi connectivity index (χ2v) is 29.1. The highest BCUT2D eigenvalue weighted by atomic mass is 32.1. The molecule has 0 spiro atoms. The first-order valence-electron chi connectivity index (χ1n) is 35.3. The smallest absolute Gasteiger partial charge is 0.144 e. The zero-order valence-corrected chi connectivity index (χ0v) is 57.8. The first-order chi connectivity index (χ1) is 52.1. The molecule has 0 unspecified atom stereocenters. The molecular formula is C96H57N3O4S2. The van der Waals surface area contributed by atoms with Gasteiger partial charge in [-0.25, -0.2) is 0 Å². The highest BCUT2D eigenvalue weighted by molar-refractivity contribution is 7.26. The summed E-state index contributed by atoms with van der Waals surface area (Å²) in [6.45, 7) is 0. The van der Waals surface area contributed by atoms with Gasteiger partial charge < -0.3 is 31.4 Å². The first kappa shape index (κ1) is 59.3. The zero-order chi connectivity index (χ0) is 68.8. The fourth-order valence-electron chi connectivity index (χ4n) is 16.3. The molecule has 7 nitrogen and oxygen atoms in total. The third-order valence-electron chi connectivity index (χ3n) is 21.0. The van der Waals surface area contributed by atoms with Gasteiger partial charge in [-0.2, -0.15) is 0 Å². The molecule has 0 aliphatic heterocycles. The van der Waals surface area contributed by atoms with Gasteiger partial charge in [0.2, 0.25) is 0 Å². The van der Waals surface area contributed by atoms with Crippen LogP contribution in [0.3, 0.4) is 0 Å². The third kappa shape index (κ3) is 9.35. The molecule has 492 valence electrons. The molecule has 105 heavy (non-hydrogen) atoms. The Morgan fingerprint density at radius 3 is 1.12 bits per heavy atom. The normalized spacial score (nSPS) is 12.0. The predicted molar refractivity (Wildman–Crippen MR) is 441 cm³/mol. The van der Waals surface area contributed by atoms with Crippen LogP contribution in [-0.4, -0.2) is 13.7 Å². The van der Waals surface area contributed by atoms with Gasteiger partial charge in [-0.3, -0.25) is 0 Å². The molecule has 0 radical (unpaired) electrons. The topological polar surface area (TPSA) is 67.3 Å². The number of para-hydroxylation sites is 4. The fraction of sp³-hybridized carbons (Fsp3) is 0. The molecular weight excluding hydrogens is 1320 g/mol. The first-order valence-corrected chi connectivity index (χ1v) is 37.0. The molecule has 24 aromatic rings. The van der Waals surface area contributed by atoms with Crippen molar-refractivity contribution in [2.45, 2.75) is 0 Å². The summed E-state index contributed by atoms with van der Waals surface area (Å²) in [4.78, 5) is 0. The number of nitrogens with zero attached hydrogens (tertiary/aromatic N) is 3. The van der Waals surface area contributed by atoms with Crippen molar-refractivity contribution in [3.05, 3.63) is 346 Å². The van der Waals surface area contributed by atoms with E-state index in [4.69, 9.17) is 17.7 Å². The van der Waals surface area contributed by atoms with Crippen LogP contribution < -0.4 is 0 Å². The molecule has 0 saturated heterocycles. The Kier molecular flexibility index (Phi) is 13.3. The highest BCUT2D eigenvalue weighted by Gasteiger charge is 2.24. The second kappa shape index (κ2) is 23.6. The van der Waals surface area contributed by atoms with Crippen molar-refractivity contribution in [1.82, 2.24) is 13.7 Å². The van der Waals surface area contributed by atoms with Crippen LogP contribution in [0.4, 0.5) is 0 Å². The summed E-state index contributed by atoms with van der Waals surface area (Å²) in [5, 5.41) is 17.9. The molecule has 0 amide bonds. The van der Waals surface area contributed by atoms with E-state index in [1.165, 1.54) is 84.3 Å². The van der Waals surface area contributed by atoms with Crippen molar-refractivity contribution in [2.24, 2.45) is 0 Å². The van der Waals surface area contributed by atoms with Crippen LogP contribution in [0.2, 0.25) is 0 Å². The summed E-state index contributed by atoms with van der Waals surface area (Å²) < 4.78 is 38.0. The van der Waals surface area contributed by atoms with Gasteiger partial charge in [-0.15, -0.1) is 22.7 Å². The summed E-state index contributed by atoms with van der Waals surface area (Å²) >= 11 is 3.72. The van der Waals surface area contributed by atoms with Crippen LogP contribution in [0.25, 0.3) is 212 Å². The monoisotopic (exact) mass is 1380 g/mol. The minimum absolute atomic E-state index is 0.885. The Bertz CT molecular complexity index is 7290. The van der Waals surface area contributed by atoms with Crippen LogP contribution in [0.15, 0.2) is 363 Å². The van der Waals surface area contributed by atoms with Gasteiger partial charge in [0.15, 0.2) is 0 Å². The lowest BCUT2D eigenvalue weighted by molar-refractivity contribution is 0.635. The fourth-order valence-corrected chi connectivity index (χ4v) is 18.6. The zero-order valence-electron chi connectivity index (χ0n) is 56.2. The average molecular weight is 1380 g/mol. The number of aromatic nitrogens is 3. The summed E-state index contributed by atoms with van der Waals surface area (Å²) in [6.07, 6.45) is 0. The molecule has 9 heteroatoms. The number of hydrogen-bond donors (Lipinski definition) is 0. The Morgan fingerprint density at radius 2 is 0.600 bits per heavy atom. The van der Waals surface area contributed by atoms with Gasteiger partial charge in [0.05, 0.1) is 59.6 Å². The highest BCUT2D eigenvalue weighted by Crippen LogP contribution is 2.47. The van der Waals surface area contributed by atoms with E-state index in [-0.39, 0.29) is 0 Å². The van der Waals surface area contributed by atoms with E-state index in [9.17, 15) is 0 Å². The molecule has 0 aliphatic carbocycles. The van der Waals surface area contributed by atoms with Crippen molar-refractivity contribution >= 4 is 183 Å². The van der Waals surface area contributed by atoms with Crippen LogP contribution in [0, 0.1) is 0 Å². The van der Waals surface area contributed by atoms with Crippen LogP contribution in [0.1, 0.15) is 0 Å². The van der Waals surface area contributed by atoms with Crippen molar-refractivity contribution in [1.29, 1.82) is 0 Å². The Balaban J connectivity index is 0.0000000986. The Morgan fingerprint density at radius 1 is 0.219 bits per heavy atom. The Labute approximate surface area is 607 Å². The van der Waals surface area contributed by atoms with E-state index in [2.05, 4.69) is 305 Å². The second-order valence-electron chi connectivity index (χ2n) is 26.9. The van der Waals surface area contributed by atoms with E-state index in [0.717, 1.165) is 127 Å². The summed E-state index contributed by atoms with van der Waals surface area (Å²) in [6, 6.07) is 122. The number of thiophene rings is 2. The molecule has 0 bridgehead atoms. The van der Waals surface area contributed by atoms with Crippen molar-refractivity contribution in [2.75, 3.05) is 0 Å². The molecule has 9 heterocycles. The van der Waals surface area contributed by atoms with Crippen molar-refractivity contribution in [3.8, 4) is 51.0 Å². The van der Waals surface area contributed by atoms with E-state index < -0.39 is 0 Å². The number of fused-ring (bicyclic) bond motifs is 24. The third-order valence-corrected chi connectivity index (χ3v) is 23.4. The van der Waals surface area contributed by atoms with Gasteiger partial charge in [0.25, 0.3) is 0 Å². The maximum Gasteiger partial charge on any atom is 0.144 e. The van der Waals surface area contributed by atoms with E-state index in [1.54, 1.807) is 0 Å². The molecule has 0 aliphatic rings. The predicted octanol–water partition coefficient (Wildman–Crippen LogP) is 28.2. The molecule has 24 rings (SSSR count). The molecule has 9 aromatic heterocycles. The lowest BCUT2D eigenvalue weighted by Crippen LogP contribution is -1.93. The summed E-state index contributed by atoms with van der Waals surface area (Å²) in [5.41, 5.74) is 18.3. The summed E-state index contributed by atoms with van der Waals surface area (Å²) in [7, 11) is 0. The van der Waals surface area contributed by atoms with Crippen LogP contribution in [-0.2, 0) is 0 Å². The number of hydrogen-bond acceptors (Lipinski definition) is 6. The lowest BCUT2D eigenvalue weighted by Gasteiger charge is -2.09.